The average Bonchev–Trinajstić information content (AvgIpc) is 2.45. The van der Waals surface area contributed by atoms with Gasteiger partial charge < -0.3 is 15.0 Å². The first-order valence-corrected chi connectivity index (χ1v) is 8.11. The average molecular weight is 295 g/mol. The second kappa shape index (κ2) is 7.16. The van der Waals surface area contributed by atoms with Gasteiger partial charge in [-0.1, -0.05) is 6.92 Å². The molecule has 1 aliphatic heterocycles. The second-order valence-corrected chi connectivity index (χ2v) is 6.31. The van der Waals surface area contributed by atoms with E-state index in [1.54, 1.807) is 7.05 Å². The molecule has 2 fully saturated rings. The molecule has 0 aromatic carbocycles. The molecule has 0 radical (unpaired) electrons. The van der Waals surface area contributed by atoms with Gasteiger partial charge in [0.15, 0.2) is 0 Å². The van der Waals surface area contributed by atoms with Crippen molar-refractivity contribution in [3.05, 3.63) is 12.0 Å². The van der Waals surface area contributed by atoms with Crippen LogP contribution in [-0.2, 0) is 9.53 Å². The van der Waals surface area contributed by atoms with Crippen LogP contribution < -0.4 is 5.32 Å². The lowest BCUT2D eigenvalue weighted by Crippen LogP contribution is -2.59. The van der Waals surface area contributed by atoms with Gasteiger partial charge in [-0.15, -0.1) is 0 Å². The van der Waals surface area contributed by atoms with Gasteiger partial charge in [-0.2, -0.15) is 0 Å². The maximum atomic E-state index is 12.5. The van der Waals surface area contributed by atoms with Crippen molar-refractivity contribution < 1.29 is 9.53 Å². The maximum absolute atomic E-state index is 12.5. The molecule has 5 heteroatoms. The Morgan fingerprint density at radius 2 is 2.05 bits per heavy atom. The van der Waals surface area contributed by atoms with Crippen LogP contribution in [0.15, 0.2) is 12.0 Å². The third kappa shape index (κ3) is 3.70. The number of hydrogen-bond donors (Lipinski definition) is 1. The number of hydrogen-bond acceptors (Lipinski definition) is 4. The summed E-state index contributed by atoms with van der Waals surface area (Å²) in [6.07, 6.45) is 4.15. The summed E-state index contributed by atoms with van der Waals surface area (Å²) in [4.78, 5) is 17.0. The van der Waals surface area contributed by atoms with Crippen molar-refractivity contribution in [1.82, 2.24) is 15.1 Å². The fourth-order valence-corrected chi connectivity index (χ4v) is 3.38. The van der Waals surface area contributed by atoms with E-state index in [0.29, 0.717) is 18.3 Å². The summed E-state index contributed by atoms with van der Waals surface area (Å²) < 4.78 is 5.24. The first-order valence-electron chi connectivity index (χ1n) is 8.11. The van der Waals surface area contributed by atoms with Crippen molar-refractivity contribution in [3.8, 4) is 0 Å². The Morgan fingerprint density at radius 1 is 1.33 bits per heavy atom. The number of likely N-dealkylation sites (N-methyl/N-ethyl adjacent to an activating group) is 1. The van der Waals surface area contributed by atoms with Crippen molar-refractivity contribution >= 4 is 5.91 Å². The van der Waals surface area contributed by atoms with E-state index in [9.17, 15) is 4.79 Å². The highest BCUT2D eigenvalue weighted by Gasteiger charge is 2.37. The SMILES string of the molecule is CCO/C=C(\NC)C(=O)N1CCN(C2CC(C)C2)C(C)C1. The van der Waals surface area contributed by atoms with Crippen LogP contribution in [0, 0.1) is 5.92 Å². The van der Waals surface area contributed by atoms with Gasteiger partial charge in [0.25, 0.3) is 5.91 Å². The highest BCUT2D eigenvalue weighted by Crippen LogP contribution is 2.33. The molecule has 1 heterocycles. The molecule has 0 bridgehead atoms. The second-order valence-electron chi connectivity index (χ2n) is 6.31. The summed E-state index contributed by atoms with van der Waals surface area (Å²) in [6, 6.07) is 1.17. The van der Waals surface area contributed by atoms with E-state index in [0.717, 1.165) is 31.6 Å². The minimum absolute atomic E-state index is 0.0411. The highest BCUT2D eigenvalue weighted by molar-refractivity contribution is 5.92. The minimum Gasteiger partial charge on any atom is -0.499 e. The molecular formula is C16H29N3O2. The van der Waals surface area contributed by atoms with E-state index in [2.05, 4.69) is 24.1 Å². The zero-order valence-electron chi connectivity index (χ0n) is 13.8. The van der Waals surface area contributed by atoms with Crippen LogP contribution in [0.4, 0.5) is 0 Å². The van der Waals surface area contributed by atoms with Gasteiger partial charge in [0.2, 0.25) is 0 Å². The molecule has 0 spiro atoms. The fourth-order valence-electron chi connectivity index (χ4n) is 3.38. The molecule has 1 atom stereocenters. The van der Waals surface area contributed by atoms with E-state index in [4.69, 9.17) is 4.74 Å². The summed E-state index contributed by atoms with van der Waals surface area (Å²) in [6.45, 7) is 9.62. The summed E-state index contributed by atoms with van der Waals surface area (Å²) in [5.74, 6) is 0.909. The Labute approximate surface area is 128 Å². The molecule has 1 aliphatic carbocycles. The number of nitrogens with zero attached hydrogens (tertiary/aromatic N) is 2. The molecule has 1 saturated carbocycles. The van der Waals surface area contributed by atoms with E-state index >= 15 is 0 Å². The van der Waals surface area contributed by atoms with Gasteiger partial charge in [0.05, 0.1) is 6.61 Å². The molecule has 1 unspecified atom stereocenters. The predicted molar refractivity (Wildman–Crippen MR) is 83.7 cm³/mol. The fraction of sp³-hybridized carbons (Fsp3) is 0.812. The van der Waals surface area contributed by atoms with Crippen molar-refractivity contribution in [3.63, 3.8) is 0 Å². The maximum Gasteiger partial charge on any atom is 0.273 e. The topological polar surface area (TPSA) is 44.8 Å². The van der Waals surface area contributed by atoms with Crippen molar-refractivity contribution in [2.24, 2.45) is 5.92 Å². The molecule has 2 rings (SSSR count). The lowest BCUT2D eigenvalue weighted by molar-refractivity contribution is -0.131. The Bertz CT molecular complexity index is 391. The number of ether oxygens (including phenoxy) is 1. The summed E-state index contributed by atoms with van der Waals surface area (Å²) >= 11 is 0. The first kappa shape index (κ1) is 16.1. The van der Waals surface area contributed by atoms with Gasteiger partial charge in [-0.25, -0.2) is 0 Å². The van der Waals surface area contributed by atoms with E-state index in [1.807, 2.05) is 11.8 Å². The molecule has 1 saturated heterocycles. The molecular weight excluding hydrogens is 266 g/mol. The van der Waals surface area contributed by atoms with Crippen LogP contribution in [0.3, 0.4) is 0 Å². The normalized spacial score (nSPS) is 30.8. The third-order valence-electron chi connectivity index (χ3n) is 4.65. The van der Waals surface area contributed by atoms with Gasteiger partial charge in [0.1, 0.15) is 12.0 Å². The Hall–Kier alpha value is -1.23. The van der Waals surface area contributed by atoms with Crippen LogP contribution >= 0.6 is 0 Å². The van der Waals surface area contributed by atoms with E-state index in [-0.39, 0.29) is 5.91 Å². The molecule has 21 heavy (non-hydrogen) atoms. The lowest BCUT2D eigenvalue weighted by atomic mass is 9.80. The van der Waals surface area contributed by atoms with Gasteiger partial charge in [-0.3, -0.25) is 9.69 Å². The van der Waals surface area contributed by atoms with Crippen molar-refractivity contribution in [2.75, 3.05) is 33.3 Å². The Morgan fingerprint density at radius 3 is 2.57 bits per heavy atom. The lowest BCUT2D eigenvalue weighted by Gasteiger charge is -2.49. The quantitative estimate of drug-likeness (QED) is 0.615. The number of carbonyl (C=O) groups is 1. The molecule has 0 aromatic rings. The van der Waals surface area contributed by atoms with Crippen LogP contribution in [0.5, 0.6) is 0 Å². The van der Waals surface area contributed by atoms with Gasteiger partial charge >= 0.3 is 0 Å². The van der Waals surface area contributed by atoms with Crippen LogP contribution in [-0.4, -0.2) is 61.1 Å². The van der Waals surface area contributed by atoms with Crippen molar-refractivity contribution in [1.29, 1.82) is 0 Å². The Kier molecular flexibility index (Phi) is 5.51. The van der Waals surface area contributed by atoms with E-state index < -0.39 is 0 Å². The zero-order valence-corrected chi connectivity index (χ0v) is 13.8. The van der Waals surface area contributed by atoms with Crippen LogP contribution in [0.25, 0.3) is 0 Å². The monoisotopic (exact) mass is 295 g/mol. The van der Waals surface area contributed by atoms with Crippen LogP contribution in [0.1, 0.15) is 33.6 Å². The number of rotatable bonds is 5. The number of piperazine rings is 1. The van der Waals surface area contributed by atoms with Gasteiger partial charge in [0, 0.05) is 38.8 Å². The summed E-state index contributed by atoms with van der Waals surface area (Å²) in [7, 11) is 1.76. The van der Waals surface area contributed by atoms with Crippen molar-refractivity contribution in [2.45, 2.75) is 45.7 Å². The first-order chi connectivity index (χ1) is 10.1. The third-order valence-corrected chi connectivity index (χ3v) is 4.65. The zero-order chi connectivity index (χ0) is 15.4. The molecule has 2 aliphatic rings. The summed E-state index contributed by atoms with van der Waals surface area (Å²) in [5.41, 5.74) is 0.537. The molecule has 5 nitrogen and oxygen atoms in total. The minimum atomic E-state index is 0.0411. The van der Waals surface area contributed by atoms with Gasteiger partial charge in [-0.05, 0) is 32.6 Å². The summed E-state index contributed by atoms with van der Waals surface area (Å²) in [5, 5.41) is 2.94. The molecule has 120 valence electrons. The molecule has 1 N–H and O–H groups in total. The standard InChI is InChI=1S/C16H29N3O2/c1-5-21-11-15(17-4)16(20)18-6-7-19(13(3)10-18)14-8-12(2)9-14/h11-14,17H,5-10H2,1-4H3/b15-11-. The molecule has 1 amide bonds. The van der Waals surface area contributed by atoms with E-state index in [1.165, 1.54) is 19.1 Å². The predicted octanol–water partition coefficient (Wildman–Crippen LogP) is 1.41. The number of amides is 1. The smallest absolute Gasteiger partial charge is 0.273 e. The number of carbonyl (C=O) groups excluding carboxylic acids is 1. The highest BCUT2D eigenvalue weighted by atomic mass is 16.5. The van der Waals surface area contributed by atoms with Crippen LogP contribution in [0.2, 0.25) is 0 Å². The number of nitrogens with one attached hydrogen (secondary N) is 1. The Balaban J connectivity index is 1.90. The molecule has 0 aromatic heterocycles. The largest absolute Gasteiger partial charge is 0.499 e.